The van der Waals surface area contributed by atoms with Crippen LogP contribution < -0.4 is 5.32 Å². The van der Waals surface area contributed by atoms with Crippen molar-refractivity contribution in [2.24, 2.45) is 5.92 Å². The van der Waals surface area contributed by atoms with Crippen molar-refractivity contribution in [2.45, 2.75) is 26.0 Å². The molecule has 26 heavy (non-hydrogen) atoms. The summed E-state index contributed by atoms with van der Waals surface area (Å²) in [7, 11) is 0. The first-order valence-corrected chi connectivity index (χ1v) is 10.3. The standard InChI is InChI=1S/C22H30N2OS/c1-5-17(3)18(4)21(25)22(26-16-19-10-8-7-9-11-19)20(6-2)24-14-12-23-13-15-24/h6-11,17,23H,2,4-5,12-16H2,1,3H3/b22-20-. The van der Waals surface area contributed by atoms with E-state index < -0.39 is 0 Å². The zero-order valence-electron chi connectivity index (χ0n) is 16.0. The van der Waals surface area contributed by atoms with Crippen molar-refractivity contribution in [1.29, 1.82) is 0 Å². The number of nitrogens with zero attached hydrogens (tertiary/aromatic N) is 1. The average molecular weight is 371 g/mol. The fourth-order valence-corrected chi connectivity index (χ4v) is 4.00. The summed E-state index contributed by atoms with van der Waals surface area (Å²) >= 11 is 1.60. The van der Waals surface area contributed by atoms with E-state index in [1.807, 2.05) is 24.3 Å². The Bertz CT molecular complexity index is 660. The third-order valence-electron chi connectivity index (χ3n) is 4.81. The number of hydrogen-bond acceptors (Lipinski definition) is 4. The highest BCUT2D eigenvalue weighted by Crippen LogP contribution is 2.31. The molecule has 0 spiro atoms. The number of allylic oxidation sites excluding steroid dienone is 3. The molecule has 1 N–H and O–H groups in total. The monoisotopic (exact) mass is 370 g/mol. The summed E-state index contributed by atoms with van der Waals surface area (Å²) in [6, 6.07) is 10.3. The molecule has 140 valence electrons. The van der Waals surface area contributed by atoms with Crippen LogP contribution in [0.4, 0.5) is 0 Å². The first-order valence-electron chi connectivity index (χ1n) is 9.31. The van der Waals surface area contributed by atoms with Crippen LogP contribution in [0.2, 0.25) is 0 Å². The molecule has 2 rings (SSSR count). The number of benzene rings is 1. The van der Waals surface area contributed by atoms with Crippen LogP contribution >= 0.6 is 11.8 Å². The van der Waals surface area contributed by atoms with Crippen molar-refractivity contribution in [3.8, 4) is 0 Å². The number of carbonyl (C=O) groups is 1. The maximum absolute atomic E-state index is 13.2. The van der Waals surface area contributed by atoms with Gasteiger partial charge in [-0.3, -0.25) is 4.79 Å². The predicted octanol–water partition coefficient (Wildman–Crippen LogP) is 4.39. The Balaban J connectivity index is 2.32. The van der Waals surface area contributed by atoms with Crippen LogP contribution in [0.5, 0.6) is 0 Å². The lowest BCUT2D eigenvalue weighted by Gasteiger charge is -2.32. The molecule has 1 aliphatic rings. The van der Waals surface area contributed by atoms with Gasteiger partial charge in [0.05, 0.1) is 10.6 Å². The summed E-state index contributed by atoms with van der Waals surface area (Å²) in [6.45, 7) is 15.9. The lowest BCUT2D eigenvalue weighted by molar-refractivity contribution is -0.112. The summed E-state index contributed by atoms with van der Waals surface area (Å²) in [5.41, 5.74) is 2.85. The summed E-state index contributed by atoms with van der Waals surface area (Å²) in [5, 5.41) is 3.36. The summed E-state index contributed by atoms with van der Waals surface area (Å²) in [6.07, 6.45) is 2.75. The molecule has 0 amide bonds. The molecule has 1 unspecified atom stereocenters. The minimum absolute atomic E-state index is 0.0636. The van der Waals surface area contributed by atoms with Gasteiger partial charge in [0, 0.05) is 31.9 Å². The molecule has 1 fully saturated rings. The summed E-state index contributed by atoms with van der Waals surface area (Å²) in [5.74, 6) is 1.01. The lowest BCUT2D eigenvalue weighted by Crippen LogP contribution is -2.43. The number of Topliss-reactive ketones (excluding diaryl/α,β-unsaturated/α-hetero) is 1. The molecular formula is C22H30N2OS. The lowest BCUT2D eigenvalue weighted by atomic mass is 9.95. The van der Waals surface area contributed by atoms with Gasteiger partial charge >= 0.3 is 0 Å². The van der Waals surface area contributed by atoms with Gasteiger partial charge in [-0.05, 0) is 29.6 Å². The third kappa shape index (κ3) is 5.36. The van der Waals surface area contributed by atoms with Crippen LogP contribution in [0.15, 0.2) is 65.7 Å². The SMILES string of the molecule is C=C/C(=C(/SCc1ccccc1)C(=O)C(=C)C(C)CC)N1CCNCC1. The van der Waals surface area contributed by atoms with E-state index in [0.717, 1.165) is 49.0 Å². The van der Waals surface area contributed by atoms with E-state index in [-0.39, 0.29) is 11.7 Å². The Kier molecular flexibility index (Phi) is 8.20. The fourth-order valence-electron chi connectivity index (χ4n) is 2.87. The molecule has 0 aromatic heterocycles. The van der Waals surface area contributed by atoms with Crippen molar-refractivity contribution >= 4 is 17.5 Å². The van der Waals surface area contributed by atoms with Crippen molar-refractivity contribution in [3.63, 3.8) is 0 Å². The Morgan fingerprint density at radius 3 is 2.54 bits per heavy atom. The van der Waals surface area contributed by atoms with Crippen molar-refractivity contribution in [2.75, 3.05) is 26.2 Å². The van der Waals surface area contributed by atoms with Gasteiger partial charge < -0.3 is 10.2 Å². The van der Waals surface area contributed by atoms with Crippen LogP contribution in [0.3, 0.4) is 0 Å². The van der Waals surface area contributed by atoms with Gasteiger partial charge in [-0.15, -0.1) is 11.8 Å². The van der Waals surface area contributed by atoms with E-state index >= 15 is 0 Å². The number of thioether (sulfide) groups is 1. The minimum Gasteiger partial charge on any atom is -0.368 e. The largest absolute Gasteiger partial charge is 0.368 e. The zero-order valence-corrected chi connectivity index (χ0v) is 16.8. The molecule has 1 atom stereocenters. The van der Waals surface area contributed by atoms with E-state index in [2.05, 4.69) is 49.4 Å². The molecular weight excluding hydrogens is 340 g/mol. The normalized spacial score (nSPS) is 16.6. The minimum atomic E-state index is 0.0636. The smallest absolute Gasteiger partial charge is 0.197 e. The number of carbonyl (C=O) groups excluding carboxylic acids is 1. The van der Waals surface area contributed by atoms with Gasteiger partial charge in [-0.1, -0.05) is 57.3 Å². The van der Waals surface area contributed by atoms with Crippen LogP contribution in [0, 0.1) is 5.92 Å². The number of rotatable bonds is 9. The Hall–Kier alpha value is -1.78. The molecule has 1 heterocycles. The quantitative estimate of drug-likeness (QED) is 0.516. The first kappa shape index (κ1) is 20.5. The van der Waals surface area contributed by atoms with Gasteiger partial charge in [0.2, 0.25) is 0 Å². The van der Waals surface area contributed by atoms with Crippen LogP contribution in [0.25, 0.3) is 0 Å². The van der Waals surface area contributed by atoms with Crippen molar-refractivity contribution in [3.05, 3.63) is 71.3 Å². The van der Waals surface area contributed by atoms with E-state index in [9.17, 15) is 4.79 Å². The highest BCUT2D eigenvalue weighted by Gasteiger charge is 2.24. The highest BCUT2D eigenvalue weighted by molar-refractivity contribution is 8.03. The highest BCUT2D eigenvalue weighted by atomic mass is 32.2. The molecule has 1 saturated heterocycles. The Morgan fingerprint density at radius 1 is 1.31 bits per heavy atom. The molecule has 0 saturated carbocycles. The average Bonchev–Trinajstić information content (AvgIpc) is 2.70. The summed E-state index contributed by atoms with van der Waals surface area (Å²) < 4.78 is 0. The van der Waals surface area contributed by atoms with Crippen LogP contribution in [-0.4, -0.2) is 36.9 Å². The molecule has 1 aromatic rings. The molecule has 1 aliphatic heterocycles. The predicted molar refractivity (Wildman–Crippen MR) is 113 cm³/mol. The summed E-state index contributed by atoms with van der Waals surface area (Å²) in [4.78, 5) is 16.3. The van der Waals surface area contributed by atoms with Crippen LogP contribution in [0.1, 0.15) is 25.8 Å². The second-order valence-electron chi connectivity index (χ2n) is 6.59. The fraction of sp³-hybridized carbons (Fsp3) is 0.409. The maximum atomic E-state index is 13.2. The topological polar surface area (TPSA) is 32.3 Å². The van der Waals surface area contributed by atoms with E-state index in [1.54, 1.807) is 11.8 Å². The molecule has 1 aromatic carbocycles. The van der Waals surface area contributed by atoms with Crippen LogP contribution in [-0.2, 0) is 10.5 Å². The van der Waals surface area contributed by atoms with Gasteiger partial charge in [0.1, 0.15) is 0 Å². The maximum Gasteiger partial charge on any atom is 0.197 e. The zero-order chi connectivity index (χ0) is 18.9. The number of piperazine rings is 1. The molecule has 3 nitrogen and oxygen atoms in total. The Labute approximate surface area is 162 Å². The molecule has 4 heteroatoms. The molecule has 0 aliphatic carbocycles. The second kappa shape index (κ2) is 10.4. The molecule has 0 bridgehead atoms. The van der Waals surface area contributed by atoms with Gasteiger partial charge in [-0.25, -0.2) is 0 Å². The van der Waals surface area contributed by atoms with Gasteiger partial charge in [0.15, 0.2) is 5.78 Å². The van der Waals surface area contributed by atoms with E-state index in [4.69, 9.17) is 0 Å². The van der Waals surface area contributed by atoms with Crippen molar-refractivity contribution < 1.29 is 4.79 Å². The first-order chi connectivity index (χ1) is 12.6. The number of hydrogen-bond donors (Lipinski definition) is 1. The molecule has 0 radical (unpaired) electrons. The van der Waals surface area contributed by atoms with Gasteiger partial charge in [-0.2, -0.15) is 0 Å². The van der Waals surface area contributed by atoms with Crippen molar-refractivity contribution in [1.82, 2.24) is 10.2 Å². The Morgan fingerprint density at radius 2 is 1.96 bits per heavy atom. The third-order valence-corrected chi connectivity index (χ3v) is 5.98. The van der Waals surface area contributed by atoms with E-state index in [1.165, 1.54) is 5.56 Å². The number of nitrogens with one attached hydrogen (secondary N) is 1. The van der Waals surface area contributed by atoms with Gasteiger partial charge in [0.25, 0.3) is 0 Å². The second-order valence-corrected chi connectivity index (χ2v) is 7.58. The van der Waals surface area contributed by atoms with E-state index in [0.29, 0.717) is 5.57 Å². The number of ketones is 1.